The highest BCUT2D eigenvalue weighted by atomic mass is 32.2. The van der Waals surface area contributed by atoms with Crippen molar-refractivity contribution in [1.29, 1.82) is 0 Å². The second-order valence-corrected chi connectivity index (χ2v) is 7.39. The molecule has 0 radical (unpaired) electrons. The maximum Gasteiger partial charge on any atom is 0.257 e. The van der Waals surface area contributed by atoms with Gasteiger partial charge in [0.1, 0.15) is 0 Å². The molecule has 0 aliphatic rings. The molecule has 9 heteroatoms. The third-order valence-corrected chi connectivity index (χ3v) is 5.36. The molecule has 136 valence electrons. The molecule has 0 unspecified atom stereocenters. The standard InChI is InChI=1S/C17H18N4O3S2/c1-2-8-20(15(22)12-26-16-7-3-4-9-21(16)23)11-14-18-19-17(24-14)13-6-5-10-25-13/h3-7,9-10H,2,8,11-12H2,1H3. The Bertz CT molecular complexity index is 851. The summed E-state index contributed by atoms with van der Waals surface area (Å²) >= 11 is 2.74. The topological polar surface area (TPSA) is 86.2 Å². The second-order valence-electron chi connectivity index (χ2n) is 5.45. The highest BCUT2D eigenvalue weighted by Crippen LogP contribution is 2.23. The molecule has 0 aliphatic heterocycles. The van der Waals surface area contributed by atoms with E-state index >= 15 is 0 Å². The quantitative estimate of drug-likeness (QED) is 0.334. The molecule has 0 spiro atoms. The van der Waals surface area contributed by atoms with Crippen LogP contribution in [0.5, 0.6) is 0 Å². The Balaban J connectivity index is 1.63. The molecule has 0 aliphatic carbocycles. The first-order chi connectivity index (χ1) is 12.7. The van der Waals surface area contributed by atoms with E-state index in [9.17, 15) is 10.0 Å². The minimum Gasteiger partial charge on any atom is -0.618 e. The first-order valence-corrected chi connectivity index (χ1v) is 9.99. The molecule has 3 heterocycles. The van der Waals surface area contributed by atoms with Crippen LogP contribution in [0.15, 0.2) is 51.4 Å². The van der Waals surface area contributed by atoms with Crippen LogP contribution in [0.2, 0.25) is 0 Å². The molecule has 0 N–H and O–H groups in total. The van der Waals surface area contributed by atoms with Crippen LogP contribution < -0.4 is 4.73 Å². The predicted octanol–water partition coefficient (Wildman–Crippen LogP) is 2.96. The van der Waals surface area contributed by atoms with Crippen LogP contribution in [0.1, 0.15) is 19.2 Å². The van der Waals surface area contributed by atoms with E-state index in [0.29, 0.717) is 23.4 Å². The van der Waals surface area contributed by atoms with Crippen LogP contribution >= 0.6 is 23.1 Å². The summed E-state index contributed by atoms with van der Waals surface area (Å²) in [6.07, 6.45) is 2.23. The number of amides is 1. The van der Waals surface area contributed by atoms with E-state index in [2.05, 4.69) is 10.2 Å². The molecule has 3 aromatic rings. The van der Waals surface area contributed by atoms with Crippen LogP contribution in [0, 0.1) is 5.21 Å². The average molecular weight is 390 g/mol. The van der Waals surface area contributed by atoms with Crippen molar-refractivity contribution in [2.24, 2.45) is 0 Å². The van der Waals surface area contributed by atoms with Crippen molar-refractivity contribution >= 4 is 29.0 Å². The van der Waals surface area contributed by atoms with Gasteiger partial charge < -0.3 is 14.5 Å². The zero-order valence-corrected chi connectivity index (χ0v) is 15.8. The Morgan fingerprint density at radius 3 is 2.96 bits per heavy atom. The van der Waals surface area contributed by atoms with Crippen molar-refractivity contribution in [2.75, 3.05) is 12.3 Å². The van der Waals surface area contributed by atoms with Gasteiger partial charge in [0, 0.05) is 18.7 Å². The molecule has 0 saturated carbocycles. The number of aromatic nitrogens is 3. The van der Waals surface area contributed by atoms with E-state index in [1.54, 1.807) is 23.1 Å². The van der Waals surface area contributed by atoms with Gasteiger partial charge in [0.2, 0.25) is 11.8 Å². The van der Waals surface area contributed by atoms with E-state index < -0.39 is 0 Å². The average Bonchev–Trinajstić information content (AvgIpc) is 3.32. The van der Waals surface area contributed by atoms with E-state index in [1.807, 2.05) is 24.4 Å². The van der Waals surface area contributed by atoms with E-state index in [4.69, 9.17) is 4.42 Å². The van der Waals surface area contributed by atoms with Crippen LogP contribution in [0.4, 0.5) is 0 Å². The zero-order chi connectivity index (χ0) is 18.4. The molecular weight excluding hydrogens is 372 g/mol. The van der Waals surface area contributed by atoms with Crippen LogP contribution in [-0.2, 0) is 11.3 Å². The summed E-state index contributed by atoms with van der Waals surface area (Å²) in [4.78, 5) is 15.1. The summed E-state index contributed by atoms with van der Waals surface area (Å²) in [6.45, 7) is 2.85. The Morgan fingerprint density at radius 2 is 2.23 bits per heavy atom. The lowest BCUT2D eigenvalue weighted by Crippen LogP contribution is -2.34. The molecular formula is C17H18N4O3S2. The lowest BCUT2D eigenvalue weighted by Gasteiger charge is -2.19. The van der Waals surface area contributed by atoms with Gasteiger partial charge in [-0.2, -0.15) is 4.73 Å². The normalized spacial score (nSPS) is 10.8. The fourth-order valence-corrected chi connectivity index (χ4v) is 3.75. The number of carbonyl (C=O) groups is 1. The number of nitrogens with zero attached hydrogens (tertiary/aromatic N) is 4. The first-order valence-electron chi connectivity index (χ1n) is 8.12. The Kier molecular flexibility index (Phi) is 6.24. The number of carbonyl (C=O) groups excluding carboxylic acids is 1. The van der Waals surface area contributed by atoms with Crippen molar-refractivity contribution in [3.63, 3.8) is 0 Å². The molecule has 0 saturated heterocycles. The molecule has 3 rings (SSSR count). The fraction of sp³-hybridized carbons (Fsp3) is 0.294. The molecule has 0 aromatic carbocycles. The third-order valence-electron chi connectivity index (χ3n) is 3.50. The molecule has 7 nitrogen and oxygen atoms in total. The summed E-state index contributed by atoms with van der Waals surface area (Å²) in [5.41, 5.74) is 0. The number of hydrogen-bond donors (Lipinski definition) is 0. The summed E-state index contributed by atoms with van der Waals surface area (Å²) in [5, 5.41) is 22.2. The Hall–Kier alpha value is -2.39. The van der Waals surface area contributed by atoms with E-state index in [1.165, 1.54) is 29.3 Å². The van der Waals surface area contributed by atoms with Gasteiger partial charge in [-0.15, -0.1) is 21.5 Å². The molecule has 0 bridgehead atoms. The maximum absolute atomic E-state index is 12.6. The van der Waals surface area contributed by atoms with Crippen LogP contribution in [0.25, 0.3) is 10.8 Å². The van der Waals surface area contributed by atoms with Gasteiger partial charge in [-0.3, -0.25) is 4.79 Å². The number of thioether (sulfide) groups is 1. The van der Waals surface area contributed by atoms with Gasteiger partial charge in [-0.05, 0) is 35.7 Å². The SMILES string of the molecule is CCCN(Cc1nnc(-c2cccs2)o1)C(=O)CSc1cccc[n+]1[O-]. The molecule has 26 heavy (non-hydrogen) atoms. The second kappa shape index (κ2) is 8.81. The molecule has 0 fully saturated rings. The highest BCUT2D eigenvalue weighted by molar-refractivity contribution is 7.99. The largest absolute Gasteiger partial charge is 0.618 e. The third kappa shape index (κ3) is 4.61. The number of hydrogen-bond acceptors (Lipinski definition) is 7. The van der Waals surface area contributed by atoms with Gasteiger partial charge in [0.05, 0.1) is 17.2 Å². The molecule has 1 amide bonds. The van der Waals surface area contributed by atoms with Gasteiger partial charge in [-0.1, -0.05) is 13.0 Å². The summed E-state index contributed by atoms with van der Waals surface area (Å²) < 4.78 is 6.43. The smallest absolute Gasteiger partial charge is 0.257 e. The summed E-state index contributed by atoms with van der Waals surface area (Å²) in [6, 6.07) is 8.95. The van der Waals surface area contributed by atoms with Gasteiger partial charge in [-0.25, -0.2) is 0 Å². The number of rotatable bonds is 8. The van der Waals surface area contributed by atoms with Crippen LogP contribution in [-0.4, -0.2) is 33.3 Å². The Morgan fingerprint density at radius 1 is 1.35 bits per heavy atom. The van der Waals surface area contributed by atoms with E-state index in [-0.39, 0.29) is 18.2 Å². The fourth-order valence-electron chi connectivity index (χ4n) is 2.29. The van der Waals surface area contributed by atoms with Gasteiger partial charge >= 0.3 is 0 Å². The Labute approximate surface area is 159 Å². The summed E-state index contributed by atoms with van der Waals surface area (Å²) in [5.74, 6) is 0.971. The number of thiophene rings is 1. The highest BCUT2D eigenvalue weighted by Gasteiger charge is 2.19. The monoisotopic (exact) mass is 390 g/mol. The van der Waals surface area contributed by atoms with Crippen molar-refractivity contribution in [3.8, 4) is 10.8 Å². The molecule has 0 atom stereocenters. The minimum atomic E-state index is -0.0726. The van der Waals surface area contributed by atoms with Crippen LogP contribution in [0.3, 0.4) is 0 Å². The number of pyridine rings is 1. The van der Waals surface area contributed by atoms with Crippen molar-refractivity contribution in [1.82, 2.24) is 15.1 Å². The van der Waals surface area contributed by atoms with Crippen molar-refractivity contribution in [2.45, 2.75) is 24.9 Å². The summed E-state index contributed by atoms with van der Waals surface area (Å²) in [7, 11) is 0. The lowest BCUT2D eigenvalue weighted by molar-refractivity contribution is -0.645. The van der Waals surface area contributed by atoms with E-state index in [0.717, 1.165) is 16.0 Å². The van der Waals surface area contributed by atoms with Gasteiger partial charge in [0.15, 0.2) is 6.20 Å². The van der Waals surface area contributed by atoms with Gasteiger partial charge in [0.25, 0.3) is 10.9 Å². The zero-order valence-electron chi connectivity index (χ0n) is 14.2. The lowest BCUT2D eigenvalue weighted by atomic mass is 10.4. The maximum atomic E-state index is 12.6. The van der Waals surface area contributed by atoms with Crippen molar-refractivity contribution in [3.05, 3.63) is 53.0 Å². The molecule has 3 aromatic heterocycles. The van der Waals surface area contributed by atoms with Crippen molar-refractivity contribution < 1.29 is 13.9 Å². The minimum absolute atomic E-state index is 0.0726. The predicted molar refractivity (Wildman–Crippen MR) is 99.4 cm³/mol. The first kappa shape index (κ1) is 18.4.